The first-order valence-electron chi connectivity index (χ1n) is 19.7. The van der Waals surface area contributed by atoms with Crippen molar-refractivity contribution in [3.8, 4) is 17.2 Å². The fourth-order valence-corrected chi connectivity index (χ4v) is 9.14. The van der Waals surface area contributed by atoms with Gasteiger partial charge >= 0.3 is 5.97 Å². The number of rotatable bonds is 11. The number of amides is 1. The molecule has 1 saturated heterocycles. The minimum atomic E-state index is -4.72. The summed E-state index contributed by atoms with van der Waals surface area (Å²) in [6.45, 7) is 8.20. The molecule has 61 heavy (non-hydrogen) atoms. The van der Waals surface area contributed by atoms with E-state index in [0.29, 0.717) is 29.5 Å². The molecule has 3 aromatic carbocycles. The summed E-state index contributed by atoms with van der Waals surface area (Å²) in [6, 6.07) is 17.4. The highest BCUT2D eigenvalue weighted by Crippen LogP contribution is 2.44. The Morgan fingerprint density at radius 2 is 1.84 bits per heavy atom. The van der Waals surface area contributed by atoms with Crippen molar-refractivity contribution in [2.75, 3.05) is 56.7 Å². The van der Waals surface area contributed by atoms with Gasteiger partial charge in [-0.25, -0.2) is 22.9 Å². The van der Waals surface area contributed by atoms with Crippen LogP contribution in [0.2, 0.25) is 5.02 Å². The highest BCUT2D eigenvalue weighted by molar-refractivity contribution is 7.90. The van der Waals surface area contributed by atoms with Crippen LogP contribution in [0, 0.1) is 15.5 Å². The fraction of sp³-hybridized carbons (Fsp3) is 0.326. The van der Waals surface area contributed by atoms with Gasteiger partial charge < -0.3 is 29.4 Å². The number of sulfonamides is 1. The van der Waals surface area contributed by atoms with Crippen molar-refractivity contribution in [2.45, 2.75) is 44.0 Å². The number of methoxy groups -OCH3 is 1. The summed E-state index contributed by atoms with van der Waals surface area (Å²) in [7, 11) is -3.57. The lowest BCUT2D eigenvalue weighted by Crippen LogP contribution is -2.47. The summed E-state index contributed by atoms with van der Waals surface area (Å²) in [5, 5.41) is 16.2. The number of nitrogens with zero attached hydrogens (tertiary/aromatic N) is 4. The quantitative estimate of drug-likeness (QED) is 0.0687. The molecule has 1 amide bonds. The van der Waals surface area contributed by atoms with Crippen LogP contribution in [0.1, 0.15) is 49.0 Å². The number of piperazine rings is 1. The van der Waals surface area contributed by atoms with E-state index in [-0.39, 0.29) is 34.8 Å². The predicted octanol–water partition coefficient (Wildman–Crippen LogP) is 7.17. The Bertz CT molecular complexity index is 2680. The molecule has 318 valence electrons. The number of carbonyl (C=O) groups excluding carboxylic acids is 2. The summed E-state index contributed by atoms with van der Waals surface area (Å²) in [6.07, 6.45) is 6.37. The van der Waals surface area contributed by atoms with E-state index in [0.717, 1.165) is 69.2 Å². The van der Waals surface area contributed by atoms with Gasteiger partial charge in [-0.15, -0.1) is 0 Å². The number of anilines is 2. The summed E-state index contributed by atoms with van der Waals surface area (Å²) in [5.74, 6) is -1.56. The summed E-state index contributed by atoms with van der Waals surface area (Å²) in [5.41, 5.74) is 4.69. The highest BCUT2D eigenvalue weighted by Gasteiger charge is 2.35. The Morgan fingerprint density at radius 3 is 2.57 bits per heavy atom. The third kappa shape index (κ3) is 8.99. The topological polar surface area (TPSA) is 198 Å². The van der Waals surface area contributed by atoms with E-state index in [1.54, 1.807) is 24.4 Å². The summed E-state index contributed by atoms with van der Waals surface area (Å²) < 4.78 is 46.1. The van der Waals surface area contributed by atoms with Crippen LogP contribution in [0.25, 0.3) is 16.6 Å². The molecule has 2 aliphatic heterocycles. The van der Waals surface area contributed by atoms with Gasteiger partial charge in [0.25, 0.3) is 21.6 Å². The van der Waals surface area contributed by atoms with Crippen LogP contribution in [0.15, 0.2) is 89.6 Å². The summed E-state index contributed by atoms with van der Waals surface area (Å²) in [4.78, 5) is 48.7. The molecule has 1 aliphatic carbocycles. The number of aromatic nitrogens is 2. The predicted molar refractivity (Wildman–Crippen MR) is 230 cm³/mol. The Labute approximate surface area is 357 Å². The first-order valence-corrected chi connectivity index (χ1v) is 21.6. The molecule has 16 nitrogen and oxygen atoms in total. The number of esters is 1. The minimum Gasteiger partial charge on any atom is -0.488 e. The van der Waals surface area contributed by atoms with E-state index in [1.807, 2.05) is 22.9 Å². The molecule has 1 atom stereocenters. The van der Waals surface area contributed by atoms with Gasteiger partial charge in [0.1, 0.15) is 23.8 Å². The molecule has 0 saturated carbocycles. The van der Waals surface area contributed by atoms with Crippen LogP contribution in [-0.2, 0) is 19.6 Å². The lowest BCUT2D eigenvalue weighted by Gasteiger charge is -2.39. The van der Waals surface area contributed by atoms with Gasteiger partial charge in [0, 0.05) is 73.2 Å². The van der Waals surface area contributed by atoms with Crippen molar-refractivity contribution in [3.05, 3.63) is 111 Å². The number of allylic oxidation sites excluding steroid dienone is 1. The lowest BCUT2D eigenvalue weighted by atomic mass is 9.72. The number of fused-ring (bicyclic) bond motifs is 2. The zero-order valence-corrected chi connectivity index (χ0v) is 35.3. The number of carbonyl (C=O) groups is 2. The van der Waals surface area contributed by atoms with E-state index in [9.17, 15) is 28.1 Å². The molecule has 5 aromatic rings. The number of ether oxygens (including phenoxy) is 3. The smallest absolute Gasteiger partial charge is 0.331 e. The van der Waals surface area contributed by atoms with E-state index in [2.05, 4.69) is 51.1 Å². The van der Waals surface area contributed by atoms with E-state index in [1.165, 1.54) is 29.0 Å². The molecule has 0 spiro atoms. The first kappa shape index (κ1) is 41.6. The lowest BCUT2D eigenvalue weighted by molar-refractivity contribution is -0.384. The van der Waals surface area contributed by atoms with Crippen molar-refractivity contribution in [1.82, 2.24) is 19.6 Å². The average molecular weight is 870 g/mol. The van der Waals surface area contributed by atoms with Crippen LogP contribution in [-0.4, -0.2) is 92.6 Å². The van der Waals surface area contributed by atoms with Crippen LogP contribution in [0.3, 0.4) is 0 Å². The molecule has 0 unspecified atom stereocenters. The number of nitro groups is 1. The standard InChI is InChI=1S/C43H44ClN7O9S/c1-43(2)12-10-28(34(22-43)26-4-6-29(44)7-5-26)24-49-14-16-50(17-15-49)30-8-9-33(37(19-30)60-31-18-27-11-13-45-40(27)46-23-31)41(52)48-61(56,57)32-20-36(51(54)55)39-38(21-32)59-25-35(47-39)42(53)58-3/h4-9,11,13,18-21,23,35,47H,10,12,14-17,22,24-25H2,1-3H3,(H,45,46)(H,48,52)/t35-/m1/s1. The second-order valence-electron chi connectivity index (χ2n) is 16.1. The van der Waals surface area contributed by atoms with Gasteiger partial charge in [-0.1, -0.05) is 43.2 Å². The number of nitro benzene ring substituents is 1. The van der Waals surface area contributed by atoms with Crippen molar-refractivity contribution in [2.24, 2.45) is 5.41 Å². The molecule has 3 aliphatic rings. The van der Waals surface area contributed by atoms with E-state index >= 15 is 0 Å². The van der Waals surface area contributed by atoms with E-state index < -0.39 is 43.4 Å². The molecule has 0 bridgehead atoms. The van der Waals surface area contributed by atoms with Gasteiger partial charge in [0.05, 0.1) is 28.7 Å². The molecule has 18 heteroatoms. The molecular weight excluding hydrogens is 826 g/mol. The molecule has 3 N–H and O–H groups in total. The van der Waals surface area contributed by atoms with Crippen molar-refractivity contribution >= 4 is 67.2 Å². The second-order valence-corrected chi connectivity index (χ2v) is 18.2. The number of hydrogen-bond donors (Lipinski definition) is 3. The maximum atomic E-state index is 13.9. The largest absolute Gasteiger partial charge is 0.488 e. The second kappa shape index (κ2) is 16.7. The normalized spacial score (nSPS) is 17.8. The average Bonchev–Trinajstić information content (AvgIpc) is 3.72. The van der Waals surface area contributed by atoms with Crippen LogP contribution in [0.5, 0.6) is 17.2 Å². The van der Waals surface area contributed by atoms with Crippen LogP contribution >= 0.6 is 11.6 Å². The number of pyridine rings is 1. The van der Waals surface area contributed by atoms with Gasteiger partial charge in [-0.2, -0.15) is 0 Å². The highest BCUT2D eigenvalue weighted by atomic mass is 35.5. The SMILES string of the molecule is COC(=O)[C@H]1COc2cc(S(=O)(=O)NC(=O)c3ccc(N4CCN(CC5=C(c6ccc(Cl)cc6)CC(C)(C)CC5)CC4)cc3Oc3cnc4[nH]ccc4c3)cc([N+](=O)[O-])c2N1. The number of nitrogens with one attached hydrogen (secondary N) is 3. The van der Waals surface area contributed by atoms with Crippen LogP contribution in [0.4, 0.5) is 17.1 Å². The molecule has 0 radical (unpaired) electrons. The molecule has 1 fully saturated rings. The number of aromatic amines is 1. The fourth-order valence-electron chi connectivity index (χ4n) is 8.01. The zero-order chi connectivity index (χ0) is 43.1. The maximum Gasteiger partial charge on any atom is 0.331 e. The Balaban J connectivity index is 1.03. The molecular formula is C43H44ClN7O9S. The Morgan fingerprint density at radius 1 is 1.07 bits per heavy atom. The van der Waals surface area contributed by atoms with Crippen molar-refractivity contribution < 1.29 is 37.1 Å². The third-order valence-corrected chi connectivity index (χ3v) is 12.9. The maximum absolute atomic E-state index is 13.9. The molecule has 2 aromatic heterocycles. The van der Waals surface area contributed by atoms with Gasteiger partial charge in [-0.05, 0) is 72.2 Å². The van der Waals surface area contributed by atoms with Gasteiger partial charge in [0.2, 0.25) is 0 Å². The molecule has 4 heterocycles. The first-order chi connectivity index (χ1) is 29.2. The van der Waals surface area contributed by atoms with Crippen molar-refractivity contribution in [1.29, 1.82) is 0 Å². The number of hydrogen-bond acceptors (Lipinski definition) is 13. The minimum absolute atomic E-state index is 0.0738. The van der Waals surface area contributed by atoms with Crippen molar-refractivity contribution in [3.63, 3.8) is 0 Å². The van der Waals surface area contributed by atoms with Gasteiger partial charge in [0.15, 0.2) is 17.5 Å². The zero-order valence-electron chi connectivity index (χ0n) is 33.7. The third-order valence-electron chi connectivity index (χ3n) is 11.3. The summed E-state index contributed by atoms with van der Waals surface area (Å²) >= 11 is 6.23. The molecule has 8 rings (SSSR count). The number of H-pyrrole nitrogens is 1. The Hall–Kier alpha value is -6.17. The van der Waals surface area contributed by atoms with E-state index in [4.69, 9.17) is 25.8 Å². The number of halogens is 1. The van der Waals surface area contributed by atoms with Crippen LogP contribution < -0.4 is 24.4 Å². The monoisotopic (exact) mass is 869 g/mol. The number of benzene rings is 3. The van der Waals surface area contributed by atoms with Gasteiger partial charge in [-0.3, -0.25) is 19.8 Å². The Kier molecular flexibility index (Phi) is 11.4.